The summed E-state index contributed by atoms with van der Waals surface area (Å²) in [6, 6.07) is 7.95. The Labute approximate surface area is 168 Å². The molecule has 1 amide bonds. The van der Waals surface area contributed by atoms with Crippen LogP contribution in [0.1, 0.15) is 49.3 Å². The fourth-order valence-electron chi connectivity index (χ4n) is 3.35. The molecule has 4 nitrogen and oxygen atoms in total. The van der Waals surface area contributed by atoms with Crippen LogP contribution in [0.3, 0.4) is 0 Å². The van der Waals surface area contributed by atoms with Gasteiger partial charge < -0.3 is 9.47 Å². The van der Waals surface area contributed by atoms with Gasteiger partial charge in [0.25, 0.3) is 5.91 Å². The number of carbonyl (C=O) groups excluding carboxylic acids is 1. The normalized spacial score (nSPS) is 11.2. The number of unbranched alkanes of at least 4 members (excludes halogenated alkanes) is 1. The van der Waals surface area contributed by atoms with E-state index in [2.05, 4.69) is 4.98 Å². The maximum Gasteiger partial charge on any atom is 0.257 e. The highest BCUT2D eigenvalue weighted by molar-refractivity contribution is 5.94. The molecular weight excluding hydrogens is 379 g/mol. The number of imidazole rings is 1. The van der Waals surface area contributed by atoms with E-state index in [1.54, 1.807) is 6.07 Å². The summed E-state index contributed by atoms with van der Waals surface area (Å²) >= 11 is 0. The van der Waals surface area contributed by atoms with Crippen LogP contribution >= 0.6 is 0 Å². The molecule has 1 aromatic heterocycles. The van der Waals surface area contributed by atoms with Gasteiger partial charge in [-0.15, -0.1) is 0 Å². The first-order valence-corrected chi connectivity index (χ1v) is 9.84. The number of aryl methyl sites for hydroxylation is 1. The first-order valence-electron chi connectivity index (χ1n) is 9.84. The summed E-state index contributed by atoms with van der Waals surface area (Å²) in [4.78, 5) is 19.0. The third-order valence-electron chi connectivity index (χ3n) is 4.82. The third-order valence-corrected chi connectivity index (χ3v) is 4.82. The molecule has 0 N–H and O–H groups in total. The number of amides is 1. The number of fused-ring (bicyclic) bond motifs is 1. The monoisotopic (exact) mass is 403 g/mol. The molecule has 0 unspecified atom stereocenters. The first-order chi connectivity index (χ1) is 14.0. The molecule has 29 heavy (non-hydrogen) atoms. The Bertz CT molecular complexity index is 1020. The smallest absolute Gasteiger partial charge is 0.257 e. The molecule has 0 fully saturated rings. The van der Waals surface area contributed by atoms with Crippen molar-refractivity contribution < 1.29 is 18.0 Å². The van der Waals surface area contributed by atoms with E-state index in [1.807, 2.05) is 18.4 Å². The van der Waals surface area contributed by atoms with Crippen LogP contribution in [0.15, 0.2) is 36.4 Å². The quantitative estimate of drug-likeness (QED) is 0.511. The van der Waals surface area contributed by atoms with Crippen molar-refractivity contribution in [2.45, 2.75) is 46.2 Å². The zero-order valence-corrected chi connectivity index (χ0v) is 16.6. The average molecular weight is 403 g/mol. The van der Waals surface area contributed by atoms with Gasteiger partial charge in [-0.1, -0.05) is 26.3 Å². The molecule has 0 radical (unpaired) electrons. The largest absolute Gasteiger partial charge is 0.331 e. The Kier molecular flexibility index (Phi) is 6.56. The maximum absolute atomic E-state index is 14.2. The van der Waals surface area contributed by atoms with Gasteiger partial charge in [-0.3, -0.25) is 4.79 Å². The van der Waals surface area contributed by atoms with E-state index in [0.717, 1.165) is 18.9 Å². The molecule has 0 bridgehead atoms. The number of hydrogen-bond donors (Lipinski definition) is 0. The predicted octanol–water partition coefficient (Wildman–Crippen LogP) is 5.31. The molecule has 0 saturated carbocycles. The molecule has 0 saturated heterocycles. The van der Waals surface area contributed by atoms with Gasteiger partial charge in [0.1, 0.15) is 11.6 Å². The van der Waals surface area contributed by atoms with Gasteiger partial charge in [-0.05, 0) is 43.2 Å². The summed E-state index contributed by atoms with van der Waals surface area (Å²) in [6.07, 6.45) is 2.35. The molecule has 0 aliphatic rings. The van der Waals surface area contributed by atoms with Crippen molar-refractivity contribution in [1.29, 1.82) is 0 Å². The summed E-state index contributed by atoms with van der Waals surface area (Å²) in [6.45, 7) is 5.11. The molecule has 3 rings (SSSR count). The molecule has 1 heterocycles. The highest BCUT2D eigenvalue weighted by Crippen LogP contribution is 2.21. The van der Waals surface area contributed by atoms with Crippen LogP contribution in [0.25, 0.3) is 11.0 Å². The van der Waals surface area contributed by atoms with E-state index in [4.69, 9.17) is 0 Å². The van der Waals surface area contributed by atoms with E-state index in [9.17, 15) is 18.0 Å². The highest BCUT2D eigenvalue weighted by Gasteiger charge is 2.23. The van der Waals surface area contributed by atoms with Crippen LogP contribution in [0.2, 0.25) is 0 Å². The Morgan fingerprint density at radius 3 is 2.62 bits per heavy atom. The van der Waals surface area contributed by atoms with Gasteiger partial charge in [0.15, 0.2) is 11.6 Å². The number of benzene rings is 2. The number of halogens is 3. The molecule has 0 spiro atoms. The van der Waals surface area contributed by atoms with E-state index < -0.39 is 17.5 Å². The van der Waals surface area contributed by atoms with Crippen molar-refractivity contribution in [1.82, 2.24) is 14.5 Å². The van der Waals surface area contributed by atoms with Gasteiger partial charge in [-0.25, -0.2) is 18.2 Å². The number of aromatic nitrogens is 2. The lowest BCUT2D eigenvalue weighted by Crippen LogP contribution is -2.33. The molecule has 7 heteroatoms. The third kappa shape index (κ3) is 4.44. The second kappa shape index (κ2) is 9.11. The van der Waals surface area contributed by atoms with Crippen LogP contribution in [-0.4, -0.2) is 26.9 Å². The van der Waals surface area contributed by atoms with Crippen molar-refractivity contribution in [3.63, 3.8) is 0 Å². The van der Waals surface area contributed by atoms with Crippen molar-refractivity contribution in [3.8, 4) is 0 Å². The first kappa shape index (κ1) is 20.9. The average Bonchev–Trinajstić information content (AvgIpc) is 3.03. The summed E-state index contributed by atoms with van der Waals surface area (Å²) in [5.41, 5.74) is 0.988. The highest BCUT2D eigenvalue weighted by atomic mass is 19.2. The summed E-state index contributed by atoms with van der Waals surface area (Å²) < 4.78 is 43.5. The van der Waals surface area contributed by atoms with Crippen molar-refractivity contribution in [2.75, 3.05) is 6.54 Å². The van der Waals surface area contributed by atoms with Crippen LogP contribution in [0.5, 0.6) is 0 Å². The number of carbonyl (C=O) groups is 1. The van der Waals surface area contributed by atoms with Crippen LogP contribution in [-0.2, 0) is 13.1 Å². The molecule has 0 aliphatic carbocycles. The minimum absolute atomic E-state index is 0.130. The fourth-order valence-corrected chi connectivity index (χ4v) is 3.35. The topological polar surface area (TPSA) is 38.1 Å². The van der Waals surface area contributed by atoms with Gasteiger partial charge in [-0.2, -0.15) is 0 Å². The lowest BCUT2D eigenvalue weighted by Gasteiger charge is -2.23. The van der Waals surface area contributed by atoms with E-state index in [1.165, 1.54) is 29.2 Å². The lowest BCUT2D eigenvalue weighted by molar-refractivity contribution is 0.0729. The Morgan fingerprint density at radius 2 is 1.90 bits per heavy atom. The zero-order valence-electron chi connectivity index (χ0n) is 16.6. The second-order valence-electron chi connectivity index (χ2n) is 6.99. The molecule has 0 aliphatic heterocycles. The summed E-state index contributed by atoms with van der Waals surface area (Å²) in [7, 11) is 0. The van der Waals surface area contributed by atoms with Crippen molar-refractivity contribution in [3.05, 3.63) is 65.2 Å². The Hall–Kier alpha value is -2.83. The fraction of sp³-hybridized carbons (Fsp3) is 0.364. The van der Waals surface area contributed by atoms with E-state index >= 15 is 0 Å². The zero-order chi connectivity index (χ0) is 21.0. The van der Waals surface area contributed by atoms with E-state index in [0.29, 0.717) is 36.4 Å². The SMILES string of the molecule is CCCCN(Cc1nc2ccc(F)cc2n1CCC)C(=O)c1cccc(F)c1F. The van der Waals surface area contributed by atoms with Crippen LogP contribution < -0.4 is 0 Å². The minimum Gasteiger partial charge on any atom is -0.331 e. The number of rotatable bonds is 8. The predicted molar refractivity (Wildman–Crippen MR) is 106 cm³/mol. The van der Waals surface area contributed by atoms with Crippen molar-refractivity contribution >= 4 is 16.9 Å². The van der Waals surface area contributed by atoms with Crippen molar-refractivity contribution in [2.24, 2.45) is 0 Å². The Balaban J connectivity index is 1.99. The molecule has 154 valence electrons. The minimum atomic E-state index is -1.15. The molecule has 3 aromatic rings. The summed E-state index contributed by atoms with van der Waals surface area (Å²) in [5, 5.41) is 0. The van der Waals surface area contributed by atoms with E-state index in [-0.39, 0.29) is 17.9 Å². The number of hydrogen-bond acceptors (Lipinski definition) is 2. The maximum atomic E-state index is 14.2. The van der Waals surface area contributed by atoms with Gasteiger partial charge in [0.2, 0.25) is 0 Å². The summed E-state index contributed by atoms with van der Waals surface area (Å²) in [5.74, 6) is -2.56. The number of nitrogens with zero attached hydrogens (tertiary/aromatic N) is 3. The second-order valence-corrected chi connectivity index (χ2v) is 6.99. The van der Waals surface area contributed by atoms with Crippen LogP contribution in [0, 0.1) is 17.5 Å². The molecular formula is C22H24F3N3O. The lowest BCUT2D eigenvalue weighted by atomic mass is 10.1. The molecule has 2 aromatic carbocycles. The van der Waals surface area contributed by atoms with Gasteiger partial charge >= 0.3 is 0 Å². The molecule has 0 atom stereocenters. The van der Waals surface area contributed by atoms with Gasteiger partial charge in [0, 0.05) is 13.1 Å². The Morgan fingerprint density at radius 1 is 1.10 bits per heavy atom. The van der Waals surface area contributed by atoms with Crippen LogP contribution in [0.4, 0.5) is 13.2 Å². The standard InChI is InChI=1S/C22H24F3N3O/c1-3-5-12-27(22(29)16-7-6-8-17(24)21(16)25)14-20-26-18-10-9-15(23)13-19(18)28(20)11-4-2/h6-10,13H,3-5,11-12,14H2,1-2H3. The van der Waals surface area contributed by atoms with Gasteiger partial charge in [0.05, 0.1) is 23.1 Å².